The molecular formula is C16H22N6O3. The van der Waals surface area contributed by atoms with Crippen molar-refractivity contribution in [3.63, 3.8) is 0 Å². The zero-order chi connectivity index (χ0) is 17.6. The predicted octanol–water partition coefficient (Wildman–Crippen LogP) is 1.54. The molecule has 1 aliphatic rings. The molecule has 1 aliphatic heterocycles. The lowest BCUT2D eigenvalue weighted by molar-refractivity contribution is 0.105. The van der Waals surface area contributed by atoms with Crippen LogP contribution in [0.1, 0.15) is 12.7 Å². The van der Waals surface area contributed by atoms with E-state index in [0.717, 1.165) is 5.76 Å². The summed E-state index contributed by atoms with van der Waals surface area (Å²) in [5.74, 6) is 2.03. The minimum Gasteiger partial charge on any atom is -0.467 e. The molecule has 0 aromatic carbocycles. The van der Waals surface area contributed by atoms with Crippen LogP contribution in [0.4, 0.5) is 22.1 Å². The Hall–Kier alpha value is -2.97. The molecule has 0 bridgehead atoms. The molecule has 0 spiro atoms. The Morgan fingerprint density at radius 3 is 2.84 bits per heavy atom. The highest BCUT2D eigenvalue weighted by Gasteiger charge is 2.24. The molecule has 0 unspecified atom stereocenters. The number of rotatable bonds is 5. The van der Waals surface area contributed by atoms with E-state index in [1.54, 1.807) is 18.1 Å². The van der Waals surface area contributed by atoms with E-state index in [2.05, 4.69) is 15.3 Å². The standard InChI is InChI=1S/C16H22N6O3/c1-2-24-16(23)22-7-5-21(6-8-22)15-13(17)14(19-11-20-15)18-10-12-4-3-9-25-12/h3-4,9,11H,2,5-8,10,17H2,1H3,(H,18,19,20). The number of nitrogens with zero attached hydrogens (tertiary/aromatic N) is 4. The van der Waals surface area contributed by atoms with Gasteiger partial charge in [0.2, 0.25) is 0 Å². The summed E-state index contributed by atoms with van der Waals surface area (Å²) in [6.45, 7) is 5.07. The van der Waals surface area contributed by atoms with Crippen LogP contribution in [0, 0.1) is 0 Å². The number of anilines is 3. The first-order valence-electron chi connectivity index (χ1n) is 8.22. The first-order chi connectivity index (χ1) is 12.2. The molecule has 1 fully saturated rings. The molecule has 25 heavy (non-hydrogen) atoms. The average Bonchev–Trinajstić information content (AvgIpc) is 3.15. The number of aromatic nitrogens is 2. The van der Waals surface area contributed by atoms with E-state index >= 15 is 0 Å². The van der Waals surface area contributed by atoms with Crippen molar-refractivity contribution in [1.29, 1.82) is 0 Å². The summed E-state index contributed by atoms with van der Waals surface area (Å²) in [6, 6.07) is 3.70. The normalized spacial score (nSPS) is 14.4. The quantitative estimate of drug-likeness (QED) is 0.839. The first kappa shape index (κ1) is 16.9. The molecule has 1 amide bonds. The molecule has 3 heterocycles. The van der Waals surface area contributed by atoms with Crippen LogP contribution in [0.15, 0.2) is 29.1 Å². The van der Waals surface area contributed by atoms with Gasteiger partial charge in [-0.05, 0) is 19.1 Å². The van der Waals surface area contributed by atoms with Crippen molar-refractivity contribution in [2.45, 2.75) is 13.5 Å². The van der Waals surface area contributed by atoms with E-state index in [-0.39, 0.29) is 6.09 Å². The number of piperazine rings is 1. The molecule has 3 rings (SSSR count). The second-order valence-corrected chi connectivity index (χ2v) is 5.57. The molecule has 0 radical (unpaired) electrons. The number of nitrogens with two attached hydrogens (primary N) is 1. The fourth-order valence-corrected chi connectivity index (χ4v) is 2.68. The molecule has 0 atom stereocenters. The SMILES string of the molecule is CCOC(=O)N1CCN(c2ncnc(NCc3ccco3)c2N)CC1. The van der Waals surface area contributed by atoms with Gasteiger partial charge in [-0.3, -0.25) is 0 Å². The average molecular weight is 346 g/mol. The van der Waals surface area contributed by atoms with E-state index in [4.69, 9.17) is 14.9 Å². The number of amides is 1. The van der Waals surface area contributed by atoms with Gasteiger partial charge in [0.1, 0.15) is 17.8 Å². The highest BCUT2D eigenvalue weighted by molar-refractivity contribution is 5.75. The number of nitrogens with one attached hydrogen (secondary N) is 1. The first-order valence-corrected chi connectivity index (χ1v) is 8.22. The zero-order valence-corrected chi connectivity index (χ0v) is 14.1. The Morgan fingerprint density at radius 1 is 1.36 bits per heavy atom. The third-order valence-electron chi connectivity index (χ3n) is 3.98. The summed E-state index contributed by atoms with van der Waals surface area (Å²) in [5, 5.41) is 3.16. The summed E-state index contributed by atoms with van der Waals surface area (Å²) in [4.78, 5) is 24.0. The Morgan fingerprint density at radius 2 is 2.16 bits per heavy atom. The second-order valence-electron chi connectivity index (χ2n) is 5.57. The topological polar surface area (TPSA) is 110 Å². The maximum Gasteiger partial charge on any atom is 0.409 e. The molecule has 1 saturated heterocycles. The zero-order valence-electron chi connectivity index (χ0n) is 14.1. The Balaban J connectivity index is 1.63. The van der Waals surface area contributed by atoms with Crippen molar-refractivity contribution in [3.05, 3.63) is 30.5 Å². The van der Waals surface area contributed by atoms with Gasteiger partial charge in [0.25, 0.3) is 0 Å². The maximum absolute atomic E-state index is 11.8. The molecule has 0 aliphatic carbocycles. The van der Waals surface area contributed by atoms with Crippen LogP contribution in [0.2, 0.25) is 0 Å². The predicted molar refractivity (Wildman–Crippen MR) is 93.3 cm³/mol. The molecule has 0 saturated carbocycles. The fourth-order valence-electron chi connectivity index (χ4n) is 2.68. The van der Waals surface area contributed by atoms with Crippen molar-refractivity contribution in [3.8, 4) is 0 Å². The van der Waals surface area contributed by atoms with Crippen molar-refractivity contribution < 1.29 is 13.9 Å². The van der Waals surface area contributed by atoms with Gasteiger partial charge in [0.05, 0.1) is 19.4 Å². The van der Waals surface area contributed by atoms with Crippen LogP contribution in [0.3, 0.4) is 0 Å². The highest BCUT2D eigenvalue weighted by Crippen LogP contribution is 2.27. The number of furan rings is 1. The monoisotopic (exact) mass is 346 g/mol. The molecule has 2 aromatic heterocycles. The maximum atomic E-state index is 11.8. The molecule has 9 heteroatoms. The summed E-state index contributed by atoms with van der Waals surface area (Å²) in [5.41, 5.74) is 6.72. The number of ether oxygens (including phenoxy) is 1. The second kappa shape index (κ2) is 7.73. The van der Waals surface area contributed by atoms with Crippen LogP contribution < -0.4 is 16.0 Å². The summed E-state index contributed by atoms with van der Waals surface area (Å²) in [6.07, 6.45) is 2.82. The smallest absolute Gasteiger partial charge is 0.409 e. The van der Waals surface area contributed by atoms with Crippen LogP contribution in [0.5, 0.6) is 0 Å². The lowest BCUT2D eigenvalue weighted by Crippen LogP contribution is -2.49. The largest absolute Gasteiger partial charge is 0.467 e. The van der Waals surface area contributed by atoms with Gasteiger partial charge in [-0.1, -0.05) is 0 Å². The van der Waals surface area contributed by atoms with Gasteiger partial charge in [-0.2, -0.15) is 0 Å². The lowest BCUT2D eigenvalue weighted by atomic mass is 10.3. The number of carbonyl (C=O) groups is 1. The van der Waals surface area contributed by atoms with Crippen molar-refractivity contribution in [2.75, 3.05) is 48.7 Å². The van der Waals surface area contributed by atoms with E-state index in [0.29, 0.717) is 56.7 Å². The van der Waals surface area contributed by atoms with Gasteiger partial charge < -0.3 is 30.0 Å². The van der Waals surface area contributed by atoms with Crippen LogP contribution in [-0.2, 0) is 11.3 Å². The number of nitrogen functional groups attached to an aromatic ring is 1. The van der Waals surface area contributed by atoms with Gasteiger partial charge in [0.15, 0.2) is 11.6 Å². The molecule has 3 N–H and O–H groups in total. The number of hydrogen-bond donors (Lipinski definition) is 2. The van der Waals surface area contributed by atoms with E-state index in [1.807, 2.05) is 17.0 Å². The molecule has 2 aromatic rings. The third-order valence-corrected chi connectivity index (χ3v) is 3.98. The van der Waals surface area contributed by atoms with Gasteiger partial charge in [-0.15, -0.1) is 0 Å². The highest BCUT2D eigenvalue weighted by atomic mass is 16.6. The van der Waals surface area contributed by atoms with Crippen LogP contribution >= 0.6 is 0 Å². The van der Waals surface area contributed by atoms with Crippen LogP contribution in [0.25, 0.3) is 0 Å². The summed E-state index contributed by atoms with van der Waals surface area (Å²) < 4.78 is 10.3. The van der Waals surface area contributed by atoms with Crippen molar-refractivity contribution in [1.82, 2.24) is 14.9 Å². The minimum atomic E-state index is -0.279. The minimum absolute atomic E-state index is 0.279. The summed E-state index contributed by atoms with van der Waals surface area (Å²) >= 11 is 0. The van der Waals surface area contributed by atoms with Crippen molar-refractivity contribution in [2.24, 2.45) is 0 Å². The Bertz CT molecular complexity index is 698. The fraction of sp³-hybridized carbons (Fsp3) is 0.438. The van der Waals surface area contributed by atoms with E-state index in [1.165, 1.54) is 6.33 Å². The number of hydrogen-bond acceptors (Lipinski definition) is 8. The lowest BCUT2D eigenvalue weighted by Gasteiger charge is -2.35. The molecule has 9 nitrogen and oxygen atoms in total. The van der Waals surface area contributed by atoms with E-state index < -0.39 is 0 Å². The third kappa shape index (κ3) is 3.93. The Kier molecular flexibility index (Phi) is 5.22. The molecular weight excluding hydrogens is 324 g/mol. The van der Waals surface area contributed by atoms with Gasteiger partial charge >= 0.3 is 6.09 Å². The van der Waals surface area contributed by atoms with Crippen molar-refractivity contribution >= 4 is 23.4 Å². The van der Waals surface area contributed by atoms with Gasteiger partial charge in [0, 0.05) is 26.2 Å². The number of carbonyl (C=O) groups excluding carboxylic acids is 1. The van der Waals surface area contributed by atoms with E-state index in [9.17, 15) is 4.79 Å². The Labute approximate surface area is 145 Å². The van der Waals surface area contributed by atoms with Gasteiger partial charge in [-0.25, -0.2) is 14.8 Å². The molecule has 134 valence electrons. The summed E-state index contributed by atoms with van der Waals surface area (Å²) in [7, 11) is 0. The van der Waals surface area contributed by atoms with Crippen LogP contribution in [-0.4, -0.2) is 53.7 Å².